The number of hydrogen-bond acceptors (Lipinski definition) is 4. The van der Waals surface area contributed by atoms with Crippen molar-refractivity contribution in [1.29, 1.82) is 0 Å². The second-order valence-electron chi connectivity index (χ2n) is 5.32. The van der Waals surface area contributed by atoms with Crippen molar-refractivity contribution in [3.8, 4) is 11.5 Å². The Kier molecular flexibility index (Phi) is 6.65. The number of carbonyl (C=O) groups excluding carboxylic acids is 1. The van der Waals surface area contributed by atoms with Crippen LogP contribution in [0.15, 0.2) is 30.3 Å². The van der Waals surface area contributed by atoms with Crippen LogP contribution in [0.1, 0.15) is 30.5 Å². The predicted octanol–water partition coefficient (Wildman–Crippen LogP) is 5.33. The monoisotopic (exact) mass is 366 g/mol. The van der Waals surface area contributed by atoms with Crippen LogP contribution in [-0.2, 0) is 24.2 Å². The lowest BCUT2D eigenvalue weighted by molar-refractivity contribution is 0.120. The lowest BCUT2D eigenvalue weighted by Crippen LogP contribution is -2.11. The molecule has 0 amide bonds. The molecule has 0 aliphatic heterocycles. The van der Waals surface area contributed by atoms with E-state index in [0.29, 0.717) is 29.2 Å². The minimum Gasteiger partial charge on any atom is -0.486 e. The summed E-state index contributed by atoms with van der Waals surface area (Å²) in [5, 5.41) is 0.453. The van der Waals surface area contributed by atoms with E-state index in [-0.39, 0.29) is 12.4 Å². The van der Waals surface area contributed by atoms with E-state index in [9.17, 15) is 9.18 Å². The van der Waals surface area contributed by atoms with Crippen LogP contribution in [0.4, 0.5) is 9.18 Å². The average molecular weight is 367 g/mol. The molecule has 6 heteroatoms. The summed E-state index contributed by atoms with van der Waals surface area (Å²) in [5.41, 5.74) is 2.30. The molecular formula is C19H20ClFO4. The lowest BCUT2D eigenvalue weighted by atomic mass is 10.0. The van der Waals surface area contributed by atoms with Crippen molar-refractivity contribution in [1.82, 2.24) is 0 Å². The van der Waals surface area contributed by atoms with Crippen LogP contribution in [-0.4, -0.2) is 13.3 Å². The number of aryl methyl sites for hydroxylation is 2. The van der Waals surface area contributed by atoms with Crippen LogP contribution in [0.5, 0.6) is 11.5 Å². The summed E-state index contributed by atoms with van der Waals surface area (Å²) >= 11 is 6.13. The Balaban J connectivity index is 2.28. The van der Waals surface area contributed by atoms with Crippen LogP contribution in [0.25, 0.3) is 0 Å². The Morgan fingerprint density at radius 3 is 2.48 bits per heavy atom. The van der Waals surface area contributed by atoms with Crippen molar-refractivity contribution in [2.24, 2.45) is 0 Å². The molecular weight excluding hydrogens is 347 g/mol. The summed E-state index contributed by atoms with van der Waals surface area (Å²) in [7, 11) is 1.23. The average Bonchev–Trinajstić information content (AvgIpc) is 2.62. The molecule has 0 aliphatic carbocycles. The summed E-state index contributed by atoms with van der Waals surface area (Å²) in [6.07, 6.45) is 0.511. The van der Waals surface area contributed by atoms with Crippen LogP contribution < -0.4 is 9.47 Å². The molecule has 0 radical (unpaired) electrons. The van der Waals surface area contributed by atoms with Crippen molar-refractivity contribution in [3.63, 3.8) is 0 Å². The highest BCUT2D eigenvalue weighted by Gasteiger charge is 2.15. The highest BCUT2D eigenvalue weighted by molar-refractivity contribution is 6.31. The first-order valence-electron chi connectivity index (χ1n) is 7.97. The fourth-order valence-electron chi connectivity index (χ4n) is 2.43. The first-order chi connectivity index (χ1) is 12.0. The fourth-order valence-corrected chi connectivity index (χ4v) is 2.72. The molecule has 0 saturated carbocycles. The van der Waals surface area contributed by atoms with Gasteiger partial charge in [-0.2, -0.15) is 0 Å². The van der Waals surface area contributed by atoms with E-state index >= 15 is 0 Å². The molecule has 0 spiro atoms. The first kappa shape index (κ1) is 19.1. The lowest BCUT2D eigenvalue weighted by Gasteiger charge is -2.15. The van der Waals surface area contributed by atoms with E-state index in [1.54, 1.807) is 12.1 Å². The third kappa shape index (κ3) is 4.63. The molecule has 0 bridgehead atoms. The quantitative estimate of drug-likeness (QED) is 0.512. The smallest absolute Gasteiger partial charge is 0.486 e. The van der Waals surface area contributed by atoms with Gasteiger partial charge in [0.2, 0.25) is 0 Å². The molecule has 2 aromatic rings. The van der Waals surface area contributed by atoms with E-state index < -0.39 is 12.0 Å². The molecule has 0 unspecified atom stereocenters. The van der Waals surface area contributed by atoms with Gasteiger partial charge in [-0.05, 0) is 36.1 Å². The summed E-state index contributed by atoms with van der Waals surface area (Å²) in [6.45, 7) is 3.90. The largest absolute Gasteiger partial charge is 0.513 e. The number of rotatable bonds is 6. The van der Waals surface area contributed by atoms with Crippen molar-refractivity contribution >= 4 is 17.8 Å². The highest BCUT2D eigenvalue weighted by atomic mass is 35.5. The molecule has 0 heterocycles. The number of methoxy groups -OCH3 is 1. The van der Waals surface area contributed by atoms with Crippen LogP contribution in [0.2, 0.25) is 5.02 Å². The first-order valence-corrected chi connectivity index (χ1v) is 8.35. The normalized spacial score (nSPS) is 10.4. The zero-order valence-electron chi connectivity index (χ0n) is 14.4. The maximum atomic E-state index is 14.2. The zero-order valence-corrected chi connectivity index (χ0v) is 15.2. The maximum absolute atomic E-state index is 14.2. The minimum absolute atomic E-state index is 0.0368. The fraction of sp³-hybridized carbons (Fsp3) is 0.316. The molecule has 134 valence electrons. The third-order valence-corrected chi connectivity index (χ3v) is 4.18. The summed E-state index contributed by atoms with van der Waals surface area (Å²) < 4.78 is 29.5. The third-order valence-electron chi connectivity index (χ3n) is 3.82. The second kappa shape index (κ2) is 8.72. The standard InChI is InChI=1S/C19H20ClFO4/c1-4-12-7-6-8-17(25-19(22)23-3)14(12)11-24-18-10-15(20)13(5-2)9-16(18)21/h6-10H,4-5,11H2,1-3H3. The SMILES string of the molecule is CCc1cc(F)c(OCc2c(CC)cccc2OC(=O)OC)cc1Cl. The highest BCUT2D eigenvalue weighted by Crippen LogP contribution is 2.30. The van der Waals surface area contributed by atoms with E-state index in [1.807, 2.05) is 19.9 Å². The Hall–Kier alpha value is -2.27. The molecule has 0 fully saturated rings. The molecule has 0 N–H and O–H groups in total. The number of halogens is 2. The minimum atomic E-state index is -0.823. The van der Waals surface area contributed by atoms with Gasteiger partial charge in [-0.3, -0.25) is 0 Å². The van der Waals surface area contributed by atoms with Crippen LogP contribution in [0, 0.1) is 5.82 Å². The van der Waals surface area contributed by atoms with Crippen LogP contribution in [0.3, 0.4) is 0 Å². The summed E-state index contributed by atoms with van der Waals surface area (Å²) in [5.74, 6) is -0.106. The van der Waals surface area contributed by atoms with E-state index in [0.717, 1.165) is 11.1 Å². The zero-order chi connectivity index (χ0) is 18.4. The van der Waals surface area contributed by atoms with E-state index in [2.05, 4.69) is 4.74 Å². The molecule has 2 rings (SSSR count). The van der Waals surface area contributed by atoms with Crippen LogP contribution >= 0.6 is 11.6 Å². The topological polar surface area (TPSA) is 44.8 Å². The molecule has 4 nitrogen and oxygen atoms in total. The van der Waals surface area contributed by atoms with Gasteiger partial charge in [0.25, 0.3) is 0 Å². The van der Waals surface area contributed by atoms with Gasteiger partial charge in [-0.25, -0.2) is 9.18 Å². The molecule has 0 aromatic heterocycles. The van der Waals surface area contributed by atoms with Crippen molar-refractivity contribution in [2.45, 2.75) is 33.3 Å². The summed E-state index contributed by atoms with van der Waals surface area (Å²) in [6, 6.07) is 8.14. The van der Waals surface area contributed by atoms with Gasteiger partial charge in [-0.15, -0.1) is 0 Å². The number of hydrogen-bond donors (Lipinski definition) is 0. The van der Waals surface area contributed by atoms with Gasteiger partial charge in [-0.1, -0.05) is 37.6 Å². The Bertz CT molecular complexity index is 761. The van der Waals surface area contributed by atoms with Crippen molar-refractivity contribution in [3.05, 3.63) is 57.9 Å². The Labute approximate surface area is 151 Å². The van der Waals surface area contributed by atoms with Gasteiger partial charge in [0.05, 0.1) is 7.11 Å². The summed E-state index contributed by atoms with van der Waals surface area (Å²) in [4.78, 5) is 11.4. The van der Waals surface area contributed by atoms with Gasteiger partial charge >= 0.3 is 6.16 Å². The van der Waals surface area contributed by atoms with Crippen molar-refractivity contribution < 1.29 is 23.4 Å². The predicted molar refractivity (Wildman–Crippen MR) is 94.0 cm³/mol. The van der Waals surface area contributed by atoms with Crippen molar-refractivity contribution in [2.75, 3.05) is 7.11 Å². The van der Waals surface area contributed by atoms with Gasteiger partial charge < -0.3 is 14.2 Å². The van der Waals surface area contributed by atoms with Gasteiger partial charge in [0.15, 0.2) is 11.6 Å². The second-order valence-corrected chi connectivity index (χ2v) is 5.73. The van der Waals surface area contributed by atoms with E-state index in [4.69, 9.17) is 21.1 Å². The Morgan fingerprint density at radius 1 is 1.12 bits per heavy atom. The van der Waals surface area contributed by atoms with E-state index in [1.165, 1.54) is 19.2 Å². The van der Waals surface area contributed by atoms with Gasteiger partial charge in [0, 0.05) is 16.7 Å². The molecule has 0 atom stereocenters. The number of benzene rings is 2. The molecule has 0 saturated heterocycles. The number of carbonyl (C=O) groups is 1. The molecule has 2 aromatic carbocycles. The number of ether oxygens (including phenoxy) is 3. The van der Waals surface area contributed by atoms with Gasteiger partial charge in [0.1, 0.15) is 12.4 Å². The molecule has 25 heavy (non-hydrogen) atoms. The molecule has 0 aliphatic rings. The maximum Gasteiger partial charge on any atom is 0.513 e. The Morgan fingerprint density at radius 2 is 1.84 bits per heavy atom.